The SMILES string of the molecule is CN1CC(C(=O)N2CCc3c(c(C(=O)O)nn3CCCc3ccccc3)C2)CC1=O. The third kappa shape index (κ3) is 3.94. The van der Waals surface area contributed by atoms with E-state index < -0.39 is 5.97 Å². The summed E-state index contributed by atoms with van der Waals surface area (Å²) in [7, 11) is 1.70. The number of hydrogen-bond acceptors (Lipinski definition) is 4. The molecule has 3 heterocycles. The molecular weight excluding hydrogens is 384 g/mol. The maximum absolute atomic E-state index is 12.9. The Balaban J connectivity index is 1.47. The van der Waals surface area contributed by atoms with Gasteiger partial charge in [-0.05, 0) is 18.4 Å². The zero-order valence-electron chi connectivity index (χ0n) is 17.1. The molecule has 0 bridgehead atoms. The fourth-order valence-electron chi connectivity index (χ4n) is 4.40. The van der Waals surface area contributed by atoms with Crippen molar-refractivity contribution in [3.05, 3.63) is 52.8 Å². The number of amides is 2. The molecule has 2 aliphatic rings. The topological polar surface area (TPSA) is 95.7 Å². The first kappa shape index (κ1) is 20.1. The Labute approximate surface area is 175 Å². The summed E-state index contributed by atoms with van der Waals surface area (Å²) >= 11 is 0. The van der Waals surface area contributed by atoms with Crippen LogP contribution in [-0.2, 0) is 35.5 Å². The number of carbonyl (C=O) groups is 3. The van der Waals surface area contributed by atoms with E-state index in [4.69, 9.17) is 0 Å². The summed E-state index contributed by atoms with van der Waals surface area (Å²) < 4.78 is 1.80. The lowest BCUT2D eigenvalue weighted by molar-refractivity contribution is -0.136. The summed E-state index contributed by atoms with van der Waals surface area (Å²) in [5.41, 5.74) is 2.80. The van der Waals surface area contributed by atoms with E-state index in [1.165, 1.54) is 5.56 Å². The fourth-order valence-corrected chi connectivity index (χ4v) is 4.40. The molecule has 1 atom stereocenters. The highest BCUT2D eigenvalue weighted by Gasteiger charge is 2.37. The highest BCUT2D eigenvalue weighted by atomic mass is 16.4. The number of carboxylic acid groups (broad SMARTS) is 1. The molecule has 4 rings (SSSR count). The van der Waals surface area contributed by atoms with Crippen molar-refractivity contribution < 1.29 is 19.5 Å². The van der Waals surface area contributed by atoms with E-state index in [0.29, 0.717) is 31.6 Å². The maximum Gasteiger partial charge on any atom is 0.356 e. The van der Waals surface area contributed by atoms with Crippen LogP contribution in [0.25, 0.3) is 0 Å². The van der Waals surface area contributed by atoms with E-state index in [0.717, 1.165) is 18.5 Å². The largest absolute Gasteiger partial charge is 0.476 e. The van der Waals surface area contributed by atoms with E-state index in [2.05, 4.69) is 17.2 Å². The number of aromatic carboxylic acids is 1. The Morgan fingerprint density at radius 2 is 2.00 bits per heavy atom. The average Bonchev–Trinajstić information content (AvgIpc) is 3.28. The Kier molecular flexibility index (Phi) is 5.57. The number of likely N-dealkylation sites (tertiary alicyclic amines) is 1. The van der Waals surface area contributed by atoms with Crippen molar-refractivity contribution in [2.45, 2.75) is 38.8 Å². The lowest BCUT2D eigenvalue weighted by Crippen LogP contribution is -2.41. The van der Waals surface area contributed by atoms with Crippen molar-refractivity contribution in [2.24, 2.45) is 5.92 Å². The molecule has 158 valence electrons. The first-order valence-electron chi connectivity index (χ1n) is 10.3. The minimum absolute atomic E-state index is 0.0245. The van der Waals surface area contributed by atoms with Gasteiger partial charge in [0.2, 0.25) is 11.8 Å². The van der Waals surface area contributed by atoms with Gasteiger partial charge in [-0.1, -0.05) is 30.3 Å². The van der Waals surface area contributed by atoms with E-state index >= 15 is 0 Å². The molecule has 0 saturated carbocycles. The normalized spacial score (nSPS) is 18.6. The molecule has 1 N–H and O–H groups in total. The second-order valence-electron chi connectivity index (χ2n) is 8.08. The molecule has 2 aliphatic heterocycles. The van der Waals surface area contributed by atoms with Crippen LogP contribution in [0.1, 0.15) is 40.2 Å². The zero-order chi connectivity index (χ0) is 21.3. The lowest BCUT2D eigenvalue weighted by atomic mass is 10.0. The van der Waals surface area contributed by atoms with Crippen LogP contribution in [-0.4, -0.2) is 62.6 Å². The molecular formula is C22H26N4O4. The number of benzene rings is 1. The predicted octanol–water partition coefficient (Wildman–Crippen LogP) is 1.58. The smallest absolute Gasteiger partial charge is 0.356 e. The van der Waals surface area contributed by atoms with Crippen LogP contribution in [0.15, 0.2) is 30.3 Å². The molecule has 1 aromatic heterocycles. The van der Waals surface area contributed by atoms with Gasteiger partial charge in [-0.25, -0.2) is 4.79 Å². The zero-order valence-corrected chi connectivity index (χ0v) is 17.1. The van der Waals surface area contributed by atoms with Crippen molar-refractivity contribution in [3.8, 4) is 0 Å². The molecule has 2 amide bonds. The van der Waals surface area contributed by atoms with Gasteiger partial charge in [-0.15, -0.1) is 0 Å². The van der Waals surface area contributed by atoms with Crippen LogP contribution in [0, 0.1) is 5.92 Å². The molecule has 8 heteroatoms. The fraction of sp³-hybridized carbons (Fsp3) is 0.455. The van der Waals surface area contributed by atoms with Gasteiger partial charge < -0.3 is 14.9 Å². The number of fused-ring (bicyclic) bond motifs is 1. The third-order valence-electron chi connectivity index (χ3n) is 6.02. The number of carboxylic acids is 1. The summed E-state index contributed by atoms with van der Waals surface area (Å²) in [4.78, 5) is 39.7. The molecule has 0 radical (unpaired) electrons. The van der Waals surface area contributed by atoms with Crippen LogP contribution in [0.2, 0.25) is 0 Å². The van der Waals surface area contributed by atoms with E-state index in [1.807, 2.05) is 18.2 Å². The average molecular weight is 410 g/mol. The number of carbonyl (C=O) groups excluding carboxylic acids is 2. The van der Waals surface area contributed by atoms with Gasteiger partial charge in [0, 0.05) is 57.3 Å². The van der Waals surface area contributed by atoms with Crippen molar-refractivity contribution in [1.82, 2.24) is 19.6 Å². The van der Waals surface area contributed by atoms with Gasteiger partial charge in [0.1, 0.15) is 0 Å². The molecule has 1 saturated heterocycles. The van der Waals surface area contributed by atoms with Gasteiger partial charge in [-0.3, -0.25) is 14.3 Å². The third-order valence-corrected chi connectivity index (χ3v) is 6.02. The standard InChI is InChI=1S/C22H26N4O4/c1-24-13-16(12-19(24)27)21(28)25-11-9-18-17(14-25)20(22(29)30)23-26(18)10-5-8-15-6-3-2-4-7-15/h2-4,6-7,16H,5,8-14H2,1H3,(H,29,30). The molecule has 0 aliphatic carbocycles. The Hall–Kier alpha value is -3.16. The number of nitrogens with zero attached hydrogens (tertiary/aromatic N) is 4. The van der Waals surface area contributed by atoms with Crippen LogP contribution in [0.3, 0.4) is 0 Å². The van der Waals surface area contributed by atoms with Crippen LogP contribution in [0.4, 0.5) is 0 Å². The van der Waals surface area contributed by atoms with Crippen molar-refractivity contribution >= 4 is 17.8 Å². The second kappa shape index (κ2) is 8.30. The minimum atomic E-state index is -1.07. The monoisotopic (exact) mass is 410 g/mol. The highest BCUT2D eigenvalue weighted by molar-refractivity contribution is 5.90. The van der Waals surface area contributed by atoms with Gasteiger partial charge >= 0.3 is 5.97 Å². The van der Waals surface area contributed by atoms with Gasteiger partial charge in [0.25, 0.3) is 0 Å². The Bertz CT molecular complexity index is 969. The summed E-state index contributed by atoms with van der Waals surface area (Å²) in [6, 6.07) is 10.2. The summed E-state index contributed by atoms with van der Waals surface area (Å²) in [6.45, 7) is 1.82. The summed E-state index contributed by atoms with van der Waals surface area (Å²) in [6.07, 6.45) is 2.55. The van der Waals surface area contributed by atoms with E-state index in [9.17, 15) is 19.5 Å². The summed E-state index contributed by atoms with van der Waals surface area (Å²) in [5, 5.41) is 14.0. The van der Waals surface area contributed by atoms with Crippen LogP contribution >= 0.6 is 0 Å². The van der Waals surface area contributed by atoms with Crippen molar-refractivity contribution in [3.63, 3.8) is 0 Å². The minimum Gasteiger partial charge on any atom is -0.476 e. The van der Waals surface area contributed by atoms with Crippen LogP contribution < -0.4 is 0 Å². The highest BCUT2D eigenvalue weighted by Crippen LogP contribution is 2.27. The lowest BCUT2D eigenvalue weighted by Gasteiger charge is -2.29. The number of rotatable bonds is 6. The van der Waals surface area contributed by atoms with Gasteiger partial charge in [-0.2, -0.15) is 5.10 Å². The van der Waals surface area contributed by atoms with Gasteiger partial charge in [0.05, 0.1) is 5.92 Å². The first-order valence-corrected chi connectivity index (χ1v) is 10.3. The quantitative estimate of drug-likeness (QED) is 0.780. The maximum atomic E-state index is 12.9. The number of aryl methyl sites for hydroxylation is 2. The number of hydrogen-bond donors (Lipinski definition) is 1. The van der Waals surface area contributed by atoms with Crippen LogP contribution in [0.5, 0.6) is 0 Å². The summed E-state index contributed by atoms with van der Waals surface area (Å²) in [5.74, 6) is -1.52. The number of aromatic nitrogens is 2. The Morgan fingerprint density at radius 3 is 2.67 bits per heavy atom. The van der Waals surface area contributed by atoms with Gasteiger partial charge in [0.15, 0.2) is 5.69 Å². The molecule has 1 fully saturated rings. The van der Waals surface area contributed by atoms with Crippen molar-refractivity contribution in [1.29, 1.82) is 0 Å². The molecule has 8 nitrogen and oxygen atoms in total. The van der Waals surface area contributed by atoms with E-state index in [1.54, 1.807) is 21.5 Å². The molecule has 1 unspecified atom stereocenters. The van der Waals surface area contributed by atoms with Crippen molar-refractivity contribution in [2.75, 3.05) is 20.1 Å². The molecule has 0 spiro atoms. The Morgan fingerprint density at radius 1 is 1.23 bits per heavy atom. The second-order valence-corrected chi connectivity index (χ2v) is 8.08. The predicted molar refractivity (Wildman–Crippen MR) is 109 cm³/mol. The molecule has 30 heavy (non-hydrogen) atoms. The first-order chi connectivity index (χ1) is 14.4. The van der Waals surface area contributed by atoms with E-state index in [-0.39, 0.29) is 36.4 Å². The molecule has 1 aromatic carbocycles. The molecule has 2 aromatic rings.